The third kappa shape index (κ3) is 3.16. The maximum atomic E-state index is 13.2. The van der Waals surface area contributed by atoms with Gasteiger partial charge in [-0.2, -0.15) is 0 Å². The maximum Gasteiger partial charge on any atom is 0.253 e. The van der Waals surface area contributed by atoms with Crippen LogP contribution in [0.15, 0.2) is 18.2 Å². The summed E-state index contributed by atoms with van der Waals surface area (Å²) in [5.74, 6) is -0.663. The Morgan fingerprint density at radius 2 is 2.15 bits per heavy atom. The van der Waals surface area contributed by atoms with Crippen LogP contribution in [0.4, 0.5) is 4.39 Å². The first-order valence-corrected chi connectivity index (χ1v) is 7.97. The number of carbonyl (C=O) groups is 1. The van der Waals surface area contributed by atoms with Gasteiger partial charge in [0.05, 0.1) is 5.25 Å². The van der Waals surface area contributed by atoms with Crippen LogP contribution in [0.2, 0.25) is 0 Å². The van der Waals surface area contributed by atoms with Gasteiger partial charge in [-0.15, -0.1) is 0 Å². The number of nitrogens with zero attached hydrogens (tertiary/aromatic N) is 1. The molecule has 1 aliphatic heterocycles. The third-order valence-electron chi connectivity index (χ3n) is 3.53. The average molecular weight is 300 g/mol. The van der Waals surface area contributed by atoms with Gasteiger partial charge in [-0.3, -0.25) is 4.79 Å². The summed E-state index contributed by atoms with van der Waals surface area (Å²) < 4.78 is 36.0. The lowest BCUT2D eigenvalue weighted by Gasteiger charge is -2.31. The molecule has 7 heteroatoms. The van der Waals surface area contributed by atoms with Crippen LogP contribution >= 0.6 is 0 Å². The van der Waals surface area contributed by atoms with E-state index in [1.54, 1.807) is 6.92 Å². The molecule has 1 amide bonds. The van der Waals surface area contributed by atoms with Crippen LogP contribution in [0.5, 0.6) is 0 Å². The molecule has 0 radical (unpaired) electrons. The molecule has 5 nitrogen and oxygen atoms in total. The van der Waals surface area contributed by atoms with Gasteiger partial charge >= 0.3 is 0 Å². The van der Waals surface area contributed by atoms with E-state index in [2.05, 4.69) is 0 Å². The van der Waals surface area contributed by atoms with Crippen molar-refractivity contribution in [3.8, 4) is 0 Å². The molecule has 2 rings (SSSR count). The van der Waals surface area contributed by atoms with Gasteiger partial charge in [0.15, 0.2) is 0 Å². The number of halogens is 1. The number of amides is 1. The van der Waals surface area contributed by atoms with Crippen LogP contribution in [0.1, 0.15) is 28.8 Å². The second kappa shape index (κ2) is 5.49. The van der Waals surface area contributed by atoms with Gasteiger partial charge in [-0.1, -0.05) is 0 Å². The number of nitrogens with two attached hydrogens (primary N) is 1. The van der Waals surface area contributed by atoms with Gasteiger partial charge < -0.3 is 4.90 Å². The number of carbonyl (C=O) groups excluding carboxylic acids is 1. The highest BCUT2D eigenvalue weighted by Gasteiger charge is 2.30. The number of hydrogen-bond donors (Lipinski definition) is 1. The molecule has 1 atom stereocenters. The van der Waals surface area contributed by atoms with Crippen LogP contribution in [-0.2, 0) is 10.0 Å². The minimum absolute atomic E-state index is 0.0914. The number of sulfonamides is 1. The van der Waals surface area contributed by atoms with Crippen LogP contribution in [0.3, 0.4) is 0 Å². The molecular formula is C13H17FN2O3S. The summed E-state index contributed by atoms with van der Waals surface area (Å²) >= 11 is 0. The van der Waals surface area contributed by atoms with Crippen molar-refractivity contribution in [2.45, 2.75) is 25.0 Å². The molecule has 0 spiro atoms. The Bertz CT molecular complexity index is 631. The normalized spacial score (nSPS) is 19.9. The van der Waals surface area contributed by atoms with E-state index in [9.17, 15) is 17.6 Å². The molecular weight excluding hydrogens is 283 g/mol. The first-order valence-electron chi connectivity index (χ1n) is 6.36. The zero-order valence-electron chi connectivity index (χ0n) is 11.2. The summed E-state index contributed by atoms with van der Waals surface area (Å²) in [6.07, 6.45) is 1.05. The molecule has 0 bridgehead atoms. The maximum absolute atomic E-state index is 13.2. The van der Waals surface area contributed by atoms with Crippen molar-refractivity contribution in [3.63, 3.8) is 0 Å². The fourth-order valence-corrected chi connectivity index (χ4v) is 3.23. The van der Waals surface area contributed by atoms with E-state index >= 15 is 0 Å². The molecule has 1 aromatic carbocycles. The summed E-state index contributed by atoms with van der Waals surface area (Å²) in [6, 6.07) is 4.12. The Hall–Kier alpha value is -1.47. The Labute approximate surface area is 117 Å². The predicted molar refractivity (Wildman–Crippen MR) is 73.2 cm³/mol. The SMILES string of the molecule is Cc1cc(C(=O)N2CCCC(S(N)(=O)=O)C2)ccc1F. The Morgan fingerprint density at radius 3 is 2.75 bits per heavy atom. The molecule has 1 fully saturated rings. The van der Waals surface area contributed by atoms with Crippen molar-refractivity contribution < 1.29 is 17.6 Å². The monoisotopic (exact) mass is 300 g/mol. The molecule has 0 saturated carbocycles. The Balaban J connectivity index is 2.18. The minimum atomic E-state index is -3.64. The molecule has 1 heterocycles. The quantitative estimate of drug-likeness (QED) is 0.885. The van der Waals surface area contributed by atoms with Crippen molar-refractivity contribution in [1.29, 1.82) is 0 Å². The average Bonchev–Trinajstić information content (AvgIpc) is 2.40. The van der Waals surface area contributed by atoms with Gasteiger partial charge in [0, 0.05) is 18.7 Å². The van der Waals surface area contributed by atoms with E-state index < -0.39 is 15.3 Å². The third-order valence-corrected chi connectivity index (χ3v) is 4.85. The van der Waals surface area contributed by atoms with E-state index in [1.807, 2.05) is 0 Å². The lowest BCUT2D eigenvalue weighted by molar-refractivity contribution is 0.0727. The highest BCUT2D eigenvalue weighted by atomic mass is 32.2. The number of hydrogen-bond acceptors (Lipinski definition) is 3. The lowest BCUT2D eigenvalue weighted by atomic mass is 10.1. The zero-order valence-corrected chi connectivity index (χ0v) is 12.0. The predicted octanol–water partition coefficient (Wildman–Crippen LogP) is 1.03. The standard InChI is InChI=1S/C13H17FN2O3S/c1-9-7-10(4-5-12(9)14)13(17)16-6-2-3-11(8-16)20(15,18)19/h4-5,7,11H,2-3,6,8H2,1H3,(H2,15,18,19). The van der Waals surface area contributed by atoms with E-state index in [4.69, 9.17) is 5.14 Å². The highest BCUT2D eigenvalue weighted by molar-refractivity contribution is 7.89. The fourth-order valence-electron chi connectivity index (χ4n) is 2.35. The number of likely N-dealkylation sites (tertiary alicyclic amines) is 1. The molecule has 2 N–H and O–H groups in total. The summed E-state index contributed by atoms with van der Waals surface area (Å²) in [4.78, 5) is 13.8. The lowest BCUT2D eigenvalue weighted by Crippen LogP contribution is -2.47. The largest absolute Gasteiger partial charge is 0.337 e. The second-order valence-corrected chi connectivity index (χ2v) is 6.91. The smallest absolute Gasteiger partial charge is 0.253 e. The summed E-state index contributed by atoms with van der Waals surface area (Å²) in [7, 11) is -3.64. The van der Waals surface area contributed by atoms with Crippen molar-refractivity contribution in [1.82, 2.24) is 4.90 Å². The van der Waals surface area contributed by atoms with Crippen molar-refractivity contribution >= 4 is 15.9 Å². The summed E-state index contributed by atoms with van der Waals surface area (Å²) in [5, 5.41) is 4.42. The van der Waals surface area contributed by atoms with Gasteiger partial charge in [0.1, 0.15) is 5.82 Å². The van der Waals surface area contributed by atoms with Crippen LogP contribution < -0.4 is 5.14 Å². The number of piperidine rings is 1. The second-order valence-electron chi connectivity index (χ2n) is 5.07. The number of benzene rings is 1. The first kappa shape index (κ1) is 14.9. The summed E-state index contributed by atoms with van der Waals surface area (Å²) in [5.41, 5.74) is 0.745. The Morgan fingerprint density at radius 1 is 1.45 bits per heavy atom. The van der Waals surface area contributed by atoms with Crippen LogP contribution in [-0.4, -0.2) is 37.6 Å². The molecule has 0 aromatic heterocycles. The molecule has 0 aliphatic carbocycles. The van der Waals surface area contributed by atoms with Gasteiger partial charge in [0.2, 0.25) is 10.0 Å². The zero-order chi connectivity index (χ0) is 14.9. The molecule has 1 saturated heterocycles. The molecule has 20 heavy (non-hydrogen) atoms. The van der Waals surface area contributed by atoms with Gasteiger partial charge in [-0.05, 0) is 43.5 Å². The summed E-state index contributed by atoms with van der Waals surface area (Å²) in [6.45, 7) is 2.16. The van der Waals surface area contributed by atoms with Gasteiger partial charge in [-0.25, -0.2) is 17.9 Å². The molecule has 1 aromatic rings. The van der Waals surface area contributed by atoms with E-state index in [0.717, 1.165) is 0 Å². The van der Waals surface area contributed by atoms with E-state index in [-0.39, 0.29) is 18.3 Å². The van der Waals surface area contributed by atoms with Crippen LogP contribution in [0, 0.1) is 12.7 Å². The van der Waals surface area contributed by atoms with Crippen LogP contribution in [0.25, 0.3) is 0 Å². The fraction of sp³-hybridized carbons (Fsp3) is 0.462. The van der Waals surface area contributed by atoms with Crippen molar-refractivity contribution in [2.75, 3.05) is 13.1 Å². The van der Waals surface area contributed by atoms with Crippen molar-refractivity contribution in [3.05, 3.63) is 35.1 Å². The van der Waals surface area contributed by atoms with E-state index in [1.165, 1.54) is 23.1 Å². The highest BCUT2D eigenvalue weighted by Crippen LogP contribution is 2.18. The molecule has 1 unspecified atom stereocenters. The molecule has 110 valence electrons. The number of primary sulfonamides is 1. The topological polar surface area (TPSA) is 80.5 Å². The molecule has 1 aliphatic rings. The number of rotatable bonds is 2. The van der Waals surface area contributed by atoms with Crippen molar-refractivity contribution in [2.24, 2.45) is 5.14 Å². The van der Waals surface area contributed by atoms with Gasteiger partial charge in [0.25, 0.3) is 5.91 Å². The minimum Gasteiger partial charge on any atom is -0.337 e. The Kier molecular flexibility index (Phi) is 4.10. The first-order chi connectivity index (χ1) is 9.29. The number of aryl methyl sites for hydroxylation is 1. The van der Waals surface area contributed by atoms with E-state index in [0.29, 0.717) is 30.5 Å².